The van der Waals surface area contributed by atoms with Gasteiger partial charge < -0.3 is 9.31 Å². The Morgan fingerprint density at radius 1 is 0.478 bits per heavy atom. The van der Waals surface area contributed by atoms with E-state index in [1.807, 2.05) is 76.2 Å². The molecule has 0 atom stereocenters. The van der Waals surface area contributed by atoms with Gasteiger partial charge in [0.2, 0.25) is 0 Å². The average Bonchev–Trinajstić information content (AvgIpc) is 3.04. The highest BCUT2D eigenvalue weighted by Crippen LogP contribution is 2.17. The lowest BCUT2D eigenvalue weighted by Crippen LogP contribution is -2.51. The van der Waals surface area contributed by atoms with E-state index in [0.717, 1.165) is 103 Å². The van der Waals surface area contributed by atoms with Gasteiger partial charge in [-0.2, -0.15) is 0 Å². The summed E-state index contributed by atoms with van der Waals surface area (Å²) in [5, 5.41) is 2.95. The average molecular weight is 696 g/mol. The molecule has 0 N–H and O–H groups in total. The summed E-state index contributed by atoms with van der Waals surface area (Å²) in [4.78, 5) is 4.92. The quantitative estimate of drug-likeness (QED) is 0.168. The van der Waals surface area contributed by atoms with Crippen LogP contribution in [0.1, 0.15) is 22.3 Å². The largest absolute Gasteiger partial charge is 0.426 e. The molecule has 1 saturated heterocycles. The van der Waals surface area contributed by atoms with Crippen molar-refractivity contribution in [2.75, 3.05) is 52.5 Å². The number of rotatable bonds is 12. The van der Waals surface area contributed by atoms with Crippen molar-refractivity contribution in [1.29, 1.82) is 0 Å². The van der Waals surface area contributed by atoms with Crippen LogP contribution in [0, 0.1) is 27.7 Å². The fourth-order valence-corrected chi connectivity index (χ4v) is 6.45. The Balaban J connectivity index is 1.14. The predicted octanol–water partition coefficient (Wildman–Crippen LogP) is 6.10. The highest BCUT2D eigenvalue weighted by Gasteiger charge is 2.26. The Kier molecular flexibility index (Phi) is 12.6. The number of benzene rings is 4. The van der Waals surface area contributed by atoms with Gasteiger partial charge in [0.25, 0.3) is 0 Å². The predicted molar refractivity (Wildman–Crippen MR) is 200 cm³/mol. The zero-order chi connectivity index (χ0) is 32.8. The maximum atomic E-state index is 6.53. The van der Waals surface area contributed by atoms with Crippen LogP contribution in [-0.2, 0) is 9.31 Å². The number of piperazine rings is 1. The minimum Gasteiger partial charge on any atom is -0.426 e. The van der Waals surface area contributed by atoms with Gasteiger partial charge in [0, 0.05) is 72.6 Å². The van der Waals surface area contributed by atoms with Crippen molar-refractivity contribution in [3.8, 4) is 0 Å². The van der Waals surface area contributed by atoms with Crippen molar-refractivity contribution in [2.45, 2.75) is 27.7 Å². The Morgan fingerprint density at radius 2 is 0.739 bits per heavy atom. The molecule has 1 fully saturated rings. The summed E-state index contributed by atoms with van der Waals surface area (Å²) >= 11 is 26.0. The van der Waals surface area contributed by atoms with Crippen LogP contribution < -0.4 is 21.9 Å². The van der Waals surface area contributed by atoms with Gasteiger partial charge >= 0.3 is 13.8 Å². The third-order valence-electron chi connectivity index (χ3n) is 8.84. The number of hydrogen-bond donors (Lipinski definition) is 0. The van der Waals surface area contributed by atoms with Crippen LogP contribution in [-0.4, -0.2) is 76.1 Å². The molecule has 4 aromatic rings. The zero-order valence-corrected chi connectivity index (χ0v) is 30.0. The number of aryl methyl sites for hydroxylation is 4. The summed E-state index contributed by atoms with van der Waals surface area (Å²) in [5.74, 6) is 0. The van der Waals surface area contributed by atoms with Gasteiger partial charge in [0.05, 0.1) is 0 Å². The molecular formula is C36H40B2Cl4N2O2. The Morgan fingerprint density at radius 3 is 0.978 bits per heavy atom. The van der Waals surface area contributed by atoms with Crippen LogP contribution >= 0.6 is 46.4 Å². The molecule has 46 heavy (non-hydrogen) atoms. The van der Waals surface area contributed by atoms with Gasteiger partial charge in [-0.1, -0.05) is 94.9 Å². The molecule has 0 saturated carbocycles. The van der Waals surface area contributed by atoms with E-state index in [0.29, 0.717) is 13.2 Å². The van der Waals surface area contributed by atoms with E-state index in [1.54, 1.807) is 0 Å². The van der Waals surface area contributed by atoms with Crippen molar-refractivity contribution >= 4 is 82.1 Å². The van der Waals surface area contributed by atoms with E-state index in [4.69, 9.17) is 55.7 Å². The molecule has 1 heterocycles. The maximum Gasteiger partial charge on any atom is 0.361 e. The van der Waals surface area contributed by atoms with Crippen molar-refractivity contribution < 1.29 is 9.31 Å². The van der Waals surface area contributed by atoms with E-state index >= 15 is 0 Å². The van der Waals surface area contributed by atoms with Crippen LogP contribution in [0.3, 0.4) is 0 Å². The summed E-state index contributed by atoms with van der Waals surface area (Å²) in [6.45, 7) is 14.4. The third kappa shape index (κ3) is 9.12. The minimum absolute atomic E-state index is 0.241. The molecule has 0 aromatic heterocycles. The molecule has 0 aliphatic carbocycles. The van der Waals surface area contributed by atoms with Gasteiger partial charge in [-0.15, -0.1) is 0 Å². The van der Waals surface area contributed by atoms with Gasteiger partial charge in [0.1, 0.15) is 0 Å². The van der Waals surface area contributed by atoms with Gasteiger partial charge in [-0.05, 0) is 96.1 Å². The van der Waals surface area contributed by atoms with Crippen molar-refractivity contribution in [2.24, 2.45) is 0 Å². The van der Waals surface area contributed by atoms with E-state index in [2.05, 4.69) is 34.1 Å². The molecule has 0 amide bonds. The number of halogens is 4. The first-order chi connectivity index (χ1) is 22.1. The van der Waals surface area contributed by atoms with Crippen LogP contribution in [0.2, 0.25) is 20.1 Å². The Hall–Kier alpha value is -1.99. The van der Waals surface area contributed by atoms with Crippen LogP contribution in [0.15, 0.2) is 72.8 Å². The van der Waals surface area contributed by atoms with Crippen molar-refractivity contribution in [3.63, 3.8) is 0 Å². The standard InChI is InChI=1S/C36H40B2Cl4N2O2/c1-25-5-9-29(21-33(25)39)37(30-10-6-26(2)34(40)22-30)45-19-17-43-13-15-44(16-14-43)18-20-46-38(31-11-7-27(3)35(41)23-31)32-12-8-28(4)36(42)24-32/h5-12,21-24H,13-20H2,1-4H3. The summed E-state index contributed by atoms with van der Waals surface area (Å²) in [6, 6.07) is 24.5. The lowest BCUT2D eigenvalue weighted by molar-refractivity contribution is 0.106. The molecule has 5 rings (SSSR count). The van der Waals surface area contributed by atoms with Crippen LogP contribution in [0.4, 0.5) is 0 Å². The number of hydrogen-bond acceptors (Lipinski definition) is 4. The van der Waals surface area contributed by atoms with Gasteiger partial charge in [-0.3, -0.25) is 9.80 Å². The summed E-state index contributed by atoms with van der Waals surface area (Å²) in [7, 11) is 0. The molecule has 240 valence electrons. The maximum absolute atomic E-state index is 6.53. The molecule has 0 unspecified atom stereocenters. The first-order valence-corrected chi connectivity index (χ1v) is 17.3. The Labute approximate surface area is 295 Å². The van der Waals surface area contributed by atoms with E-state index in [9.17, 15) is 0 Å². The molecule has 10 heteroatoms. The first kappa shape index (κ1) is 35.3. The highest BCUT2D eigenvalue weighted by atomic mass is 35.5. The fourth-order valence-electron chi connectivity index (χ4n) is 5.69. The molecule has 0 radical (unpaired) electrons. The topological polar surface area (TPSA) is 24.9 Å². The second kappa shape index (κ2) is 16.4. The summed E-state index contributed by atoms with van der Waals surface area (Å²) in [6.07, 6.45) is 0. The van der Waals surface area contributed by atoms with Gasteiger partial charge in [0.15, 0.2) is 0 Å². The minimum atomic E-state index is -0.241. The van der Waals surface area contributed by atoms with Crippen LogP contribution in [0.5, 0.6) is 0 Å². The molecular weight excluding hydrogens is 656 g/mol. The van der Waals surface area contributed by atoms with Crippen LogP contribution in [0.25, 0.3) is 0 Å². The molecule has 4 aromatic carbocycles. The van der Waals surface area contributed by atoms with Gasteiger partial charge in [-0.25, -0.2) is 0 Å². The zero-order valence-electron chi connectivity index (χ0n) is 27.0. The molecule has 1 aliphatic heterocycles. The Bertz CT molecular complexity index is 1420. The number of nitrogens with zero attached hydrogens (tertiary/aromatic N) is 2. The SMILES string of the molecule is Cc1ccc(B(OCCN2CCN(CCOB(c3ccc(C)c(Cl)c3)c3ccc(C)c(Cl)c3)CC2)c2ccc(C)c(Cl)c2)cc1Cl. The van der Waals surface area contributed by atoms with E-state index in [-0.39, 0.29) is 13.8 Å². The summed E-state index contributed by atoms with van der Waals surface area (Å²) in [5.41, 5.74) is 8.29. The molecule has 0 spiro atoms. The third-order valence-corrected chi connectivity index (χ3v) is 10.5. The van der Waals surface area contributed by atoms with Crippen molar-refractivity contribution in [1.82, 2.24) is 9.80 Å². The smallest absolute Gasteiger partial charge is 0.361 e. The molecule has 0 bridgehead atoms. The fraction of sp³-hybridized carbons (Fsp3) is 0.333. The second-order valence-electron chi connectivity index (χ2n) is 12.2. The molecule has 4 nitrogen and oxygen atoms in total. The lowest BCUT2D eigenvalue weighted by atomic mass is 9.55. The highest BCUT2D eigenvalue weighted by molar-refractivity contribution is 6.80. The summed E-state index contributed by atoms with van der Waals surface area (Å²) < 4.78 is 13.1. The lowest BCUT2D eigenvalue weighted by Gasteiger charge is -2.35. The normalized spacial score (nSPS) is 14.1. The molecule has 1 aliphatic rings. The first-order valence-electron chi connectivity index (χ1n) is 15.8. The van der Waals surface area contributed by atoms with E-state index in [1.165, 1.54) is 0 Å². The second-order valence-corrected chi connectivity index (χ2v) is 13.8. The van der Waals surface area contributed by atoms with Crippen molar-refractivity contribution in [3.05, 3.63) is 115 Å². The monoisotopic (exact) mass is 694 g/mol. The van der Waals surface area contributed by atoms with E-state index < -0.39 is 0 Å².